The Kier molecular flexibility index (Phi) is 40.3. The van der Waals surface area contributed by atoms with Crippen molar-refractivity contribution in [2.24, 2.45) is 0 Å². The quantitative estimate of drug-likeness (QED) is 0.0160. The summed E-state index contributed by atoms with van der Waals surface area (Å²) in [5, 5.41) is 66.9. The van der Waals surface area contributed by atoms with Gasteiger partial charge in [0.25, 0.3) is 0 Å². The number of carbonyl (C=O) groups is 2. The molecule has 0 saturated heterocycles. The van der Waals surface area contributed by atoms with Crippen LogP contribution >= 0.6 is 11.6 Å². The van der Waals surface area contributed by atoms with Crippen LogP contribution in [0, 0.1) is 25.5 Å². The molecule has 131 heavy (non-hydrogen) atoms. The number of alkyl halides is 3. The van der Waals surface area contributed by atoms with E-state index in [1.165, 1.54) is 24.4 Å². The molecular weight excluding hydrogens is 1720 g/mol. The highest BCUT2D eigenvalue weighted by Crippen LogP contribution is 2.36. The first-order valence-corrected chi connectivity index (χ1v) is 43.9. The summed E-state index contributed by atoms with van der Waals surface area (Å²) in [6.45, 7) is 25.1. The maximum absolute atomic E-state index is 13.5. The Balaban J connectivity index is 0.000000215. The van der Waals surface area contributed by atoms with Crippen LogP contribution in [-0.2, 0) is 15.8 Å². The molecule has 12 rings (SSSR count). The van der Waals surface area contributed by atoms with Crippen LogP contribution in [0.15, 0.2) is 67.4 Å². The second-order valence-corrected chi connectivity index (χ2v) is 33.2. The van der Waals surface area contributed by atoms with Gasteiger partial charge >= 0.3 is 6.18 Å². The summed E-state index contributed by atoms with van der Waals surface area (Å²) in [5.41, 5.74) is 38.9. The topological polar surface area (TPSA) is 596 Å². The molecule has 710 valence electrons. The van der Waals surface area contributed by atoms with Crippen LogP contribution < -0.4 is 66.3 Å². The van der Waals surface area contributed by atoms with Gasteiger partial charge in [-0.3, -0.25) is 9.97 Å². The fourth-order valence-corrected chi connectivity index (χ4v) is 13.7. The lowest BCUT2D eigenvalue weighted by Gasteiger charge is -2.31. The molecule has 12 aromatic heterocycles. The number of anilines is 12. The number of aliphatic hydroxyl groups excluding tert-OH is 4. The SMILES string of the molecule is CCCC[C@@](C)(CCC(C)=O)Nc1nc(N)nc2cc(Cl)cnc12.CCCC[C@@](C)(CO)Nc1nc(N)nc2cc(F)cnc12.CCCC[C@H](CO)Nc1nc(N)nc2cc(O)cnc12.CCCC[C@](C)(CCC(C)=O)Nc1nc(N)nc2cc(C)cnc12.CCC[C@@H](CO)Nc1nc(N)nc2cc(C(F)(F)F)cnc12.CCC[C@@H](CO)Nc1nc(N)nc2cc(F)c(C)nc12. The van der Waals surface area contributed by atoms with Crippen molar-refractivity contribution in [3.05, 3.63) is 101 Å². The van der Waals surface area contributed by atoms with Gasteiger partial charge in [0.2, 0.25) is 35.7 Å². The molecule has 12 heterocycles. The highest BCUT2D eigenvalue weighted by atomic mass is 35.5. The number of hydrogen-bond acceptors (Lipinski definition) is 37. The number of nitrogens with one attached hydrogen (secondary N) is 6. The summed E-state index contributed by atoms with van der Waals surface area (Å²) < 4.78 is 64.9. The van der Waals surface area contributed by atoms with Crippen molar-refractivity contribution in [2.45, 2.75) is 259 Å². The number of fused-ring (bicyclic) bond motifs is 6. The molecule has 0 fully saturated rings. The van der Waals surface area contributed by atoms with Crippen molar-refractivity contribution in [1.29, 1.82) is 0 Å². The molecule has 0 aliphatic carbocycles. The van der Waals surface area contributed by atoms with Gasteiger partial charge in [-0.1, -0.05) is 117 Å². The second-order valence-electron chi connectivity index (χ2n) is 32.8. The third-order valence-corrected chi connectivity index (χ3v) is 21.0. The van der Waals surface area contributed by atoms with Gasteiger partial charge < -0.3 is 101 Å². The van der Waals surface area contributed by atoms with Crippen molar-refractivity contribution < 1.29 is 57.1 Å². The standard InChI is InChI=1S/C18H27N5O.C17H24ClN5O.C14H20FN5O.C13H16F3N5O.C13H18FN5O.C13H19N5O2/c1-5-6-8-18(4,9-7-13(3)24)23-16-15-14(21-17(19)22-16)10-12(2)11-20-15;1-4-5-7-17(3,8-6-11(2)24)23-15-14-13(21-16(19)22-15)9-12(18)10-20-14;1-3-4-5-14(2,8-21)20-12-11-10(18-13(16)19-12)6-9(15)7-17-11;1-2-3-8(6-22)19-11-10-9(20-12(17)21-11)4-7(5-18-10)13(14,15)16;1-3-4-8(6-20)17-12-11-10(18-13(15)19-12)5-9(14)7(2)16-11;1-2-3-4-8(7-19)16-12-11-10(17-13(14)18-12)5-9(20)6-15-11/h10-11H,5-9H2,1-4H3,(H3,19,21,22,23);9-10H,4-8H2,1-3H3,(H3,19,21,22,23);6-7,21H,3-5,8H2,1-2H3,(H3,16,18,19,20);4-5,8,22H,2-3,6H2,1H3,(H3,17,19,20,21);5,8,20H,3-4,6H2,1-2H3,(H3,15,17,18,19);5-6,8,19-20H,2-4,7H2,1H3,(H3,14,16,17,18)/t18-;17-;14-;3*8-/m100001/s1. The van der Waals surface area contributed by atoms with Crippen molar-refractivity contribution in [3.8, 4) is 5.75 Å². The number of aromatic hydroxyl groups is 1. The van der Waals surface area contributed by atoms with E-state index >= 15 is 0 Å². The molecule has 12 aromatic rings. The molecule has 0 aliphatic rings. The molecule has 0 radical (unpaired) electrons. The van der Waals surface area contributed by atoms with Gasteiger partial charge in [0.1, 0.15) is 67.6 Å². The van der Waals surface area contributed by atoms with Crippen molar-refractivity contribution >= 4 is 160 Å². The van der Waals surface area contributed by atoms with E-state index < -0.39 is 28.9 Å². The van der Waals surface area contributed by atoms with E-state index in [1.54, 1.807) is 39.2 Å². The van der Waals surface area contributed by atoms with E-state index in [0.717, 1.165) is 139 Å². The van der Waals surface area contributed by atoms with Crippen LogP contribution in [0.3, 0.4) is 0 Å². The number of rotatable bonds is 38. The fraction of sp³-hybridized carbons (Fsp3) is 0.500. The summed E-state index contributed by atoms with van der Waals surface area (Å²) in [4.78, 5) is 97.0. The molecule has 23 N–H and O–H groups in total. The fourth-order valence-electron chi connectivity index (χ4n) is 13.6. The number of aromatic nitrogens is 18. The first kappa shape index (κ1) is 106. The van der Waals surface area contributed by atoms with Crippen molar-refractivity contribution in [1.82, 2.24) is 89.7 Å². The zero-order valence-corrected chi connectivity index (χ0v) is 77.1. The third-order valence-electron chi connectivity index (χ3n) is 20.7. The average molecular weight is 1840 g/mol. The number of aliphatic hydroxyl groups is 4. The number of hydrogen-bond donors (Lipinski definition) is 17. The molecular formula is C88H124ClF5N30O7. The number of halogens is 6. The number of nitrogens with two attached hydrogens (primary N) is 6. The largest absolute Gasteiger partial charge is 0.506 e. The summed E-state index contributed by atoms with van der Waals surface area (Å²) in [6, 6.07) is 8.02. The highest BCUT2D eigenvalue weighted by Gasteiger charge is 2.33. The van der Waals surface area contributed by atoms with E-state index in [9.17, 15) is 57.1 Å². The molecule has 6 atom stereocenters. The predicted molar refractivity (Wildman–Crippen MR) is 506 cm³/mol. The van der Waals surface area contributed by atoms with Crippen molar-refractivity contribution in [2.75, 3.05) is 92.7 Å². The van der Waals surface area contributed by atoms with E-state index in [2.05, 4.69) is 163 Å². The minimum absolute atomic E-state index is 0.00184. The lowest BCUT2D eigenvalue weighted by atomic mass is 9.89. The third kappa shape index (κ3) is 32.5. The Morgan fingerprint density at radius 3 is 1.18 bits per heavy atom. The van der Waals surface area contributed by atoms with Gasteiger partial charge in [-0.05, 0) is 124 Å². The van der Waals surface area contributed by atoms with Gasteiger partial charge in [-0.25, -0.2) is 58.6 Å². The Bertz CT molecular complexity index is 5620. The summed E-state index contributed by atoms with van der Waals surface area (Å²) in [5.74, 6) is 2.60. The highest BCUT2D eigenvalue weighted by molar-refractivity contribution is 6.31. The number of Topliss-reactive ketones (excluding diaryl/α,β-unsaturated/α-hetero) is 2. The molecule has 0 aromatic carbocycles. The molecule has 0 spiro atoms. The molecule has 0 aliphatic heterocycles. The van der Waals surface area contributed by atoms with Crippen LogP contribution in [0.4, 0.5) is 92.5 Å². The number of nitrogen functional groups attached to an aromatic ring is 6. The van der Waals surface area contributed by atoms with Crippen LogP contribution in [-0.4, -0.2) is 188 Å². The minimum atomic E-state index is -4.51. The number of aryl methyl sites for hydroxylation is 2. The van der Waals surface area contributed by atoms with Crippen LogP contribution in [0.1, 0.15) is 221 Å². The molecule has 0 amide bonds. The van der Waals surface area contributed by atoms with Gasteiger partial charge in [-0.2, -0.15) is 43.1 Å². The number of carbonyl (C=O) groups excluding carboxylic acids is 2. The summed E-state index contributed by atoms with van der Waals surface area (Å²) in [6.07, 6.45) is 19.6. The Labute approximate surface area is 761 Å². The Hall–Kier alpha value is -12.5. The zero-order chi connectivity index (χ0) is 96.5. The maximum atomic E-state index is 13.5. The lowest BCUT2D eigenvalue weighted by molar-refractivity contribution is -0.137. The monoisotopic (exact) mass is 1840 g/mol. The van der Waals surface area contributed by atoms with E-state index in [0.29, 0.717) is 103 Å². The predicted octanol–water partition coefficient (Wildman–Crippen LogP) is 14.8. The van der Waals surface area contributed by atoms with Gasteiger partial charge in [0, 0.05) is 60.7 Å². The summed E-state index contributed by atoms with van der Waals surface area (Å²) in [7, 11) is 0. The second kappa shape index (κ2) is 50.0. The molecule has 0 unspecified atom stereocenters. The molecule has 0 saturated carbocycles. The minimum Gasteiger partial charge on any atom is -0.506 e. The maximum Gasteiger partial charge on any atom is 0.417 e. The van der Waals surface area contributed by atoms with Gasteiger partial charge in [0.15, 0.2) is 34.9 Å². The van der Waals surface area contributed by atoms with Gasteiger partial charge in [-0.15, -0.1) is 0 Å². The van der Waals surface area contributed by atoms with E-state index in [1.807, 2.05) is 33.8 Å². The number of unbranched alkanes of at least 4 members (excludes halogenated alkanes) is 4. The zero-order valence-electron chi connectivity index (χ0n) is 76.4. The molecule has 43 heteroatoms. The summed E-state index contributed by atoms with van der Waals surface area (Å²) >= 11 is 5.99. The number of nitrogens with zero attached hydrogens (tertiary/aromatic N) is 18. The Morgan fingerprint density at radius 2 is 0.756 bits per heavy atom. The van der Waals surface area contributed by atoms with Gasteiger partial charge in [0.05, 0.1) is 106 Å². The Morgan fingerprint density at radius 1 is 0.405 bits per heavy atom. The first-order chi connectivity index (χ1) is 62.1. The number of ketones is 2. The lowest BCUT2D eigenvalue weighted by Crippen LogP contribution is -2.39. The number of pyridine rings is 6. The first-order valence-electron chi connectivity index (χ1n) is 43.5. The van der Waals surface area contributed by atoms with E-state index in [4.69, 9.17) is 46.0 Å². The van der Waals surface area contributed by atoms with E-state index in [-0.39, 0.29) is 131 Å². The molecule has 0 bridgehead atoms. The van der Waals surface area contributed by atoms with Crippen molar-refractivity contribution in [3.63, 3.8) is 0 Å². The average Bonchev–Trinajstić information content (AvgIpc) is 0.791. The van der Waals surface area contributed by atoms with Crippen LogP contribution in [0.5, 0.6) is 5.75 Å². The smallest absolute Gasteiger partial charge is 0.417 e. The normalized spacial score (nSPS) is 13.3. The van der Waals surface area contributed by atoms with Crippen LogP contribution in [0.2, 0.25) is 5.02 Å². The molecule has 37 nitrogen and oxygen atoms in total. The van der Waals surface area contributed by atoms with Crippen LogP contribution in [0.25, 0.3) is 66.2 Å².